The van der Waals surface area contributed by atoms with E-state index in [1.165, 1.54) is 6.07 Å². The molecule has 0 unspecified atom stereocenters. The van der Waals surface area contributed by atoms with E-state index in [4.69, 9.17) is 11.6 Å². The van der Waals surface area contributed by atoms with Gasteiger partial charge in [0.15, 0.2) is 0 Å². The molecule has 5 nitrogen and oxygen atoms in total. The number of H-pyrrole nitrogens is 1. The highest BCUT2D eigenvalue weighted by Crippen LogP contribution is 2.21. The number of aromatic nitrogens is 3. The van der Waals surface area contributed by atoms with Crippen molar-refractivity contribution in [3.63, 3.8) is 0 Å². The molecule has 0 amide bonds. The maximum absolute atomic E-state index is 13.6. The Balaban J connectivity index is 1.57. The summed E-state index contributed by atoms with van der Waals surface area (Å²) in [6.45, 7) is 1.78. The zero-order valence-electron chi connectivity index (χ0n) is 13.9. The topological polar surface area (TPSA) is 61.9 Å². The van der Waals surface area contributed by atoms with Gasteiger partial charge in [-0.2, -0.15) is 0 Å². The zero-order valence-corrected chi connectivity index (χ0v) is 14.6. The molecule has 26 heavy (non-hydrogen) atoms. The van der Waals surface area contributed by atoms with Gasteiger partial charge in [0.05, 0.1) is 16.3 Å². The number of nitrogens with zero attached hydrogens (tertiary/aromatic N) is 3. The molecule has 132 valence electrons. The third kappa shape index (κ3) is 3.38. The van der Waals surface area contributed by atoms with Gasteiger partial charge in [-0.05, 0) is 29.8 Å². The normalized spacial score (nSPS) is 14.2. The van der Waals surface area contributed by atoms with Gasteiger partial charge >= 0.3 is 0 Å². The Morgan fingerprint density at radius 3 is 2.96 bits per heavy atom. The summed E-state index contributed by atoms with van der Waals surface area (Å²) in [6, 6.07) is 8.46. The number of fused-ring (bicyclic) bond motifs is 1. The second-order valence-corrected chi connectivity index (χ2v) is 6.70. The van der Waals surface area contributed by atoms with Crippen molar-refractivity contribution >= 4 is 11.6 Å². The van der Waals surface area contributed by atoms with Crippen molar-refractivity contribution in [2.45, 2.75) is 19.5 Å². The molecule has 0 fully saturated rings. The molecule has 3 aromatic rings. The Hall–Kier alpha value is -2.57. The SMILES string of the molecule is O=c1[nH]c(-c2cccnc2)nc2c1CN(Cc1ccc(Cl)c(F)c1)CC2. The Morgan fingerprint density at radius 1 is 1.31 bits per heavy atom. The number of benzene rings is 1. The van der Waals surface area contributed by atoms with Crippen molar-refractivity contribution < 1.29 is 4.39 Å². The van der Waals surface area contributed by atoms with Crippen LogP contribution in [0.4, 0.5) is 4.39 Å². The molecule has 1 aromatic carbocycles. The first kappa shape index (κ1) is 16.9. The number of pyridine rings is 1. The Bertz CT molecular complexity index is 1010. The molecule has 0 radical (unpaired) electrons. The minimum atomic E-state index is -0.429. The van der Waals surface area contributed by atoms with E-state index >= 15 is 0 Å². The number of hydrogen-bond acceptors (Lipinski definition) is 4. The van der Waals surface area contributed by atoms with Crippen LogP contribution in [-0.4, -0.2) is 26.4 Å². The van der Waals surface area contributed by atoms with E-state index in [0.29, 0.717) is 30.9 Å². The zero-order chi connectivity index (χ0) is 18.1. The summed E-state index contributed by atoms with van der Waals surface area (Å²) in [5.74, 6) is 0.109. The van der Waals surface area contributed by atoms with E-state index < -0.39 is 5.82 Å². The molecule has 0 bridgehead atoms. The third-order valence-electron chi connectivity index (χ3n) is 4.47. The number of hydrogen-bond donors (Lipinski definition) is 1. The smallest absolute Gasteiger partial charge is 0.255 e. The van der Waals surface area contributed by atoms with Crippen LogP contribution >= 0.6 is 11.6 Å². The number of aromatic amines is 1. The quantitative estimate of drug-likeness (QED) is 0.769. The van der Waals surface area contributed by atoms with Crippen LogP contribution < -0.4 is 5.56 Å². The lowest BCUT2D eigenvalue weighted by molar-refractivity contribution is 0.241. The first-order valence-corrected chi connectivity index (χ1v) is 8.67. The molecular formula is C19H16ClFN4O. The molecule has 0 aliphatic carbocycles. The van der Waals surface area contributed by atoms with Crippen LogP contribution in [0.25, 0.3) is 11.4 Å². The second-order valence-electron chi connectivity index (χ2n) is 6.29. The van der Waals surface area contributed by atoms with Gasteiger partial charge in [0.1, 0.15) is 11.6 Å². The lowest BCUT2D eigenvalue weighted by atomic mass is 10.1. The van der Waals surface area contributed by atoms with Gasteiger partial charge in [-0.15, -0.1) is 0 Å². The first-order chi connectivity index (χ1) is 12.6. The third-order valence-corrected chi connectivity index (χ3v) is 4.78. The fraction of sp³-hybridized carbons (Fsp3) is 0.211. The Kier molecular flexibility index (Phi) is 4.53. The van der Waals surface area contributed by atoms with Crippen molar-refractivity contribution in [1.82, 2.24) is 19.9 Å². The van der Waals surface area contributed by atoms with Gasteiger partial charge in [0.25, 0.3) is 5.56 Å². The Morgan fingerprint density at radius 2 is 2.19 bits per heavy atom. The predicted molar refractivity (Wildman–Crippen MR) is 97.3 cm³/mol. The van der Waals surface area contributed by atoms with Crippen LogP contribution in [0.5, 0.6) is 0 Å². The van der Waals surface area contributed by atoms with Gasteiger partial charge in [-0.25, -0.2) is 9.37 Å². The molecule has 0 spiro atoms. The van der Waals surface area contributed by atoms with Crippen LogP contribution in [-0.2, 0) is 19.5 Å². The molecule has 0 atom stereocenters. The molecule has 3 heterocycles. The molecule has 1 N–H and O–H groups in total. The monoisotopic (exact) mass is 370 g/mol. The van der Waals surface area contributed by atoms with Crippen LogP contribution in [0.1, 0.15) is 16.8 Å². The summed E-state index contributed by atoms with van der Waals surface area (Å²) >= 11 is 5.73. The van der Waals surface area contributed by atoms with Gasteiger partial charge in [0, 0.05) is 44.0 Å². The molecule has 0 saturated heterocycles. The van der Waals surface area contributed by atoms with Crippen LogP contribution in [0, 0.1) is 5.82 Å². The number of rotatable bonds is 3. The lowest BCUT2D eigenvalue weighted by Gasteiger charge is -2.27. The largest absolute Gasteiger partial charge is 0.306 e. The predicted octanol–water partition coefficient (Wildman–Crippen LogP) is 3.18. The minimum absolute atomic E-state index is 0.112. The molecule has 1 aliphatic rings. The van der Waals surface area contributed by atoms with Crippen molar-refractivity contribution in [1.29, 1.82) is 0 Å². The highest BCUT2D eigenvalue weighted by molar-refractivity contribution is 6.30. The molecule has 2 aromatic heterocycles. The molecule has 4 rings (SSSR count). The van der Waals surface area contributed by atoms with Crippen molar-refractivity contribution in [2.75, 3.05) is 6.54 Å². The van der Waals surface area contributed by atoms with Gasteiger partial charge in [-0.1, -0.05) is 17.7 Å². The van der Waals surface area contributed by atoms with Gasteiger partial charge in [-0.3, -0.25) is 14.7 Å². The first-order valence-electron chi connectivity index (χ1n) is 8.29. The van der Waals surface area contributed by atoms with Gasteiger partial charge in [0.2, 0.25) is 0 Å². The number of halogens is 2. The summed E-state index contributed by atoms with van der Waals surface area (Å²) in [5.41, 5.74) is 2.95. The fourth-order valence-electron chi connectivity index (χ4n) is 3.15. The highest BCUT2D eigenvalue weighted by Gasteiger charge is 2.21. The molecular weight excluding hydrogens is 355 g/mol. The average molecular weight is 371 g/mol. The maximum atomic E-state index is 13.6. The summed E-state index contributed by atoms with van der Waals surface area (Å²) < 4.78 is 13.6. The van der Waals surface area contributed by atoms with E-state index in [1.807, 2.05) is 12.1 Å². The number of nitrogens with one attached hydrogen (secondary N) is 1. The highest BCUT2D eigenvalue weighted by atomic mass is 35.5. The lowest BCUT2D eigenvalue weighted by Crippen LogP contribution is -2.35. The maximum Gasteiger partial charge on any atom is 0.255 e. The summed E-state index contributed by atoms with van der Waals surface area (Å²) in [4.78, 5) is 26.2. The van der Waals surface area contributed by atoms with Crippen LogP contribution in [0.15, 0.2) is 47.5 Å². The summed E-state index contributed by atoms with van der Waals surface area (Å²) in [5, 5.41) is 0.112. The average Bonchev–Trinajstić information content (AvgIpc) is 2.66. The van der Waals surface area contributed by atoms with Gasteiger partial charge < -0.3 is 4.98 Å². The van der Waals surface area contributed by atoms with E-state index in [0.717, 1.165) is 23.4 Å². The Labute approximate surface area is 154 Å². The van der Waals surface area contributed by atoms with E-state index in [1.54, 1.807) is 24.5 Å². The van der Waals surface area contributed by atoms with E-state index in [2.05, 4.69) is 19.9 Å². The van der Waals surface area contributed by atoms with Crippen molar-refractivity contribution in [3.05, 3.63) is 80.7 Å². The molecule has 0 saturated carbocycles. The van der Waals surface area contributed by atoms with E-state index in [-0.39, 0.29) is 10.6 Å². The fourth-order valence-corrected chi connectivity index (χ4v) is 3.27. The van der Waals surface area contributed by atoms with Crippen LogP contribution in [0.3, 0.4) is 0 Å². The summed E-state index contributed by atoms with van der Waals surface area (Å²) in [6.07, 6.45) is 4.02. The van der Waals surface area contributed by atoms with E-state index in [9.17, 15) is 9.18 Å². The minimum Gasteiger partial charge on any atom is -0.306 e. The molecule has 1 aliphatic heterocycles. The van der Waals surface area contributed by atoms with Crippen molar-refractivity contribution in [2.24, 2.45) is 0 Å². The standard InChI is InChI=1S/C19H16ClFN4O/c20-15-4-3-12(8-16(15)21)10-25-7-5-17-14(11-25)19(26)24-18(23-17)13-2-1-6-22-9-13/h1-4,6,8-9H,5,7,10-11H2,(H,23,24,26). The second kappa shape index (κ2) is 6.97. The van der Waals surface area contributed by atoms with Crippen LogP contribution in [0.2, 0.25) is 5.02 Å². The summed E-state index contributed by atoms with van der Waals surface area (Å²) in [7, 11) is 0. The molecule has 7 heteroatoms. The van der Waals surface area contributed by atoms with Crippen molar-refractivity contribution in [3.8, 4) is 11.4 Å².